The van der Waals surface area contributed by atoms with Gasteiger partial charge in [0, 0.05) is 32.4 Å². The lowest BCUT2D eigenvalue weighted by Crippen LogP contribution is -2.45. The van der Waals surface area contributed by atoms with Gasteiger partial charge in [-0.1, -0.05) is 19.9 Å². The molecule has 0 radical (unpaired) electrons. The highest BCUT2D eigenvalue weighted by Crippen LogP contribution is 2.17. The molecule has 22 heavy (non-hydrogen) atoms. The molecule has 2 heterocycles. The standard InChI is InChI=1S/C17H29N5/c1-14(2)13-22-10-6-8-16(22)12-21-17(18-3)20-11-15-7-4-5-9-19-15/h4-5,7,9,14,16H,6,8,10-13H2,1-3H3,(H2,18,20,21)/t16-/m1/s1. The molecule has 2 rings (SSSR count). The fourth-order valence-corrected chi connectivity index (χ4v) is 2.95. The first-order valence-corrected chi connectivity index (χ1v) is 8.27. The van der Waals surface area contributed by atoms with Crippen LogP contribution in [0.2, 0.25) is 0 Å². The van der Waals surface area contributed by atoms with Crippen molar-refractivity contribution in [1.29, 1.82) is 0 Å². The van der Waals surface area contributed by atoms with Gasteiger partial charge in [0.25, 0.3) is 0 Å². The van der Waals surface area contributed by atoms with Gasteiger partial charge >= 0.3 is 0 Å². The van der Waals surface area contributed by atoms with E-state index in [-0.39, 0.29) is 0 Å². The molecule has 1 saturated heterocycles. The van der Waals surface area contributed by atoms with Crippen LogP contribution in [-0.4, -0.2) is 48.6 Å². The van der Waals surface area contributed by atoms with Gasteiger partial charge in [0.15, 0.2) is 5.96 Å². The SMILES string of the molecule is CN=C(NCc1ccccn1)NC[C@H]1CCCN1CC(C)C. The number of guanidine groups is 1. The van der Waals surface area contributed by atoms with Gasteiger partial charge in [-0.15, -0.1) is 0 Å². The van der Waals surface area contributed by atoms with Gasteiger partial charge < -0.3 is 10.6 Å². The molecule has 1 fully saturated rings. The molecule has 2 N–H and O–H groups in total. The van der Waals surface area contributed by atoms with E-state index in [0.717, 1.165) is 24.1 Å². The van der Waals surface area contributed by atoms with Crippen molar-refractivity contribution in [3.05, 3.63) is 30.1 Å². The van der Waals surface area contributed by atoms with Gasteiger partial charge in [-0.2, -0.15) is 0 Å². The first-order valence-electron chi connectivity index (χ1n) is 8.27. The number of hydrogen-bond acceptors (Lipinski definition) is 3. The molecule has 1 aromatic heterocycles. The third-order valence-electron chi connectivity index (χ3n) is 3.99. The Labute approximate surface area is 134 Å². The van der Waals surface area contributed by atoms with Crippen molar-refractivity contribution in [2.24, 2.45) is 10.9 Å². The molecule has 5 heteroatoms. The first kappa shape index (κ1) is 16.7. The normalized spacial score (nSPS) is 19.6. The molecule has 122 valence electrons. The highest BCUT2D eigenvalue weighted by atomic mass is 15.2. The smallest absolute Gasteiger partial charge is 0.191 e. The molecule has 0 saturated carbocycles. The van der Waals surface area contributed by atoms with Crippen LogP contribution in [0.5, 0.6) is 0 Å². The number of nitrogens with one attached hydrogen (secondary N) is 2. The Bertz CT molecular complexity index is 457. The van der Waals surface area contributed by atoms with Gasteiger partial charge in [-0.05, 0) is 37.4 Å². The Morgan fingerprint density at radius 1 is 1.41 bits per heavy atom. The second kappa shape index (κ2) is 8.73. The zero-order valence-electron chi connectivity index (χ0n) is 14.0. The molecule has 1 aliphatic rings. The molecule has 1 atom stereocenters. The van der Waals surface area contributed by atoms with E-state index in [0.29, 0.717) is 12.6 Å². The molecular weight excluding hydrogens is 274 g/mol. The van der Waals surface area contributed by atoms with Crippen LogP contribution in [0.25, 0.3) is 0 Å². The monoisotopic (exact) mass is 303 g/mol. The van der Waals surface area contributed by atoms with Crippen molar-refractivity contribution >= 4 is 5.96 Å². The number of rotatable bonds is 6. The van der Waals surface area contributed by atoms with Crippen molar-refractivity contribution in [2.75, 3.05) is 26.7 Å². The van der Waals surface area contributed by atoms with Gasteiger partial charge in [0.2, 0.25) is 0 Å². The quantitative estimate of drug-likeness (QED) is 0.622. The minimum Gasteiger partial charge on any atom is -0.355 e. The van der Waals surface area contributed by atoms with E-state index in [1.165, 1.54) is 25.9 Å². The fraction of sp³-hybridized carbons (Fsp3) is 0.647. The van der Waals surface area contributed by atoms with Gasteiger partial charge in [0.05, 0.1) is 12.2 Å². The number of aliphatic imine (C=N–C) groups is 1. The van der Waals surface area contributed by atoms with Gasteiger partial charge in [-0.3, -0.25) is 14.9 Å². The van der Waals surface area contributed by atoms with Crippen LogP contribution in [0.4, 0.5) is 0 Å². The highest BCUT2D eigenvalue weighted by molar-refractivity contribution is 5.79. The highest BCUT2D eigenvalue weighted by Gasteiger charge is 2.24. The zero-order chi connectivity index (χ0) is 15.8. The number of pyridine rings is 1. The molecule has 0 unspecified atom stereocenters. The zero-order valence-corrected chi connectivity index (χ0v) is 14.0. The lowest BCUT2D eigenvalue weighted by molar-refractivity contribution is 0.226. The minimum atomic E-state index is 0.621. The summed E-state index contributed by atoms with van der Waals surface area (Å²) in [6, 6.07) is 6.57. The molecule has 1 aliphatic heterocycles. The summed E-state index contributed by atoms with van der Waals surface area (Å²) in [4.78, 5) is 11.2. The van der Waals surface area contributed by atoms with Crippen molar-refractivity contribution in [2.45, 2.75) is 39.3 Å². The van der Waals surface area contributed by atoms with E-state index in [2.05, 4.69) is 39.4 Å². The van der Waals surface area contributed by atoms with Crippen LogP contribution in [0.1, 0.15) is 32.4 Å². The van der Waals surface area contributed by atoms with Crippen LogP contribution in [0, 0.1) is 5.92 Å². The summed E-state index contributed by atoms with van der Waals surface area (Å²) in [5.41, 5.74) is 1.02. The Balaban J connectivity index is 1.76. The summed E-state index contributed by atoms with van der Waals surface area (Å²) >= 11 is 0. The average molecular weight is 303 g/mol. The Morgan fingerprint density at radius 3 is 2.95 bits per heavy atom. The maximum atomic E-state index is 4.31. The molecule has 0 bridgehead atoms. The number of hydrogen-bond donors (Lipinski definition) is 2. The maximum absolute atomic E-state index is 4.31. The predicted molar refractivity (Wildman–Crippen MR) is 91.9 cm³/mol. The fourth-order valence-electron chi connectivity index (χ4n) is 2.95. The van der Waals surface area contributed by atoms with E-state index in [9.17, 15) is 0 Å². The number of nitrogens with zero attached hydrogens (tertiary/aromatic N) is 3. The summed E-state index contributed by atoms with van der Waals surface area (Å²) in [6.07, 6.45) is 4.39. The van der Waals surface area contributed by atoms with Crippen LogP contribution in [0.3, 0.4) is 0 Å². The Morgan fingerprint density at radius 2 is 2.27 bits per heavy atom. The minimum absolute atomic E-state index is 0.621. The Hall–Kier alpha value is -1.62. The van der Waals surface area contributed by atoms with Crippen LogP contribution in [0.15, 0.2) is 29.4 Å². The predicted octanol–water partition coefficient (Wildman–Crippen LogP) is 1.87. The topological polar surface area (TPSA) is 52.6 Å². The maximum Gasteiger partial charge on any atom is 0.191 e. The van der Waals surface area contributed by atoms with Crippen molar-refractivity contribution < 1.29 is 0 Å². The third-order valence-corrected chi connectivity index (χ3v) is 3.99. The third kappa shape index (κ3) is 5.30. The summed E-state index contributed by atoms with van der Waals surface area (Å²) in [6.45, 7) is 8.64. The summed E-state index contributed by atoms with van der Waals surface area (Å²) in [7, 11) is 1.81. The Kier molecular flexibility index (Phi) is 6.65. The van der Waals surface area contributed by atoms with Crippen molar-refractivity contribution in [1.82, 2.24) is 20.5 Å². The summed E-state index contributed by atoms with van der Waals surface area (Å²) in [5, 5.41) is 6.78. The van der Waals surface area contributed by atoms with E-state index in [4.69, 9.17) is 0 Å². The van der Waals surface area contributed by atoms with E-state index >= 15 is 0 Å². The molecule has 0 aromatic carbocycles. The average Bonchev–Trinajstić information content (AvgIpc) is 2.95. The molecule has 5 nitrogen and oxygen atoms in total. The number of aromatic nitrogens is 1. The van der Waals surface area contributed by atoms with Crippen LogP contribution < -0.4 is 10.6 Å². The molecule has 0 aliphatic carbocycles. The van der Waals surface area contributed by atoms with Gasteiger partial charge in [-0.25, -0.2) is 0 Å². The van der Waals surface area contributed by atoms with E-state index < -0.39 is 0 Å². The lowest BCUT2D eigenvalue weighted by atomic mass is 10.1. The van der Waals surface area contributed by atoms with Crippen LogP contribution >= 0.6 is 0 Å². The molecule has 0 amide bonds. The second-order valence-corrected chi connectivity index (χ2v) is 6.31. The molecular formula is C17H29N5. The lowest BCUT2D eigenvalue weighted by Gasteiger charge is -2.27. The molecule has 1 aromatic rings. The van der Waals surface area contributed by atoms with Gasteiger partial charge in [0.1, 0.15) is 0 Å². The first-order chi connectivity index (χ1) is 10.7. The van der Waals surface area contributed by atoms with E-state index in [1.54, 1.807) is 0 Å². The second-order valence-electron chi connectivity index (χ2n) is 6.31. The summed E-state index contributed by atoms with van der Waals surface area (Å²) < 4.78 is 0. The molecule has 0 spiro atoms. The van der Waals surface area contributed by atoms with Crippen LogP contribution in [-0.2, 0) is 6.54 Å². The largest absolute Gasteiger partial charge is 0.355 e. The summed E-state index contributed by atoms with van der Waals surface area (Å²) in [5.74, 6) is 1.57. The number of likely N-dealkylation sites (tertiary alicyclic amines) is 1. The van der Waals surface area contributed by atoms with E-state index in [1.807, 2.05) is 31.4 Å². The van der Waals surface area contributed by atoms with Crippen molar-refractivity contribution in [3.63, 3.8) is 0 Å². The van der Waals surface area contributed by atoms with Crippen molar-refractivity contribution in [3.8, 4) is 0 Å².